The van der Waals surface area contributed by atoms with Gasteiger partial charge in [-0.1, -0.05) is 0 Å². The van der Waals surface area contributed by atoms with Crippen molar-refractivity contribution in [2.45, 2.75) is 32.5 Å². The van der Waals surface area contributed by atoms with Gasteiger partial charge in [-0.25, -0.2) is 9.97 Å². The maximum absolute atomic E-state index is 12.6. The van der Waals surface area contributed by atoms with Gasteiger partial charge in [-0.2, -0.15) is 13.2 Å². The van der Waals surface area contributed by atoms with E-state index in [4.69, 9.17) is 0 Å². The van der Waals surface area contributed by atoms with Crippen molar-refractivity contribution in [1.29, 1.82) is 0 Å². The van der Waals surface area contributed by atoms with Gasteiger partial charge >= 0.3 is 6.18 Å². The lowest BCUT2D eigenvalue weighted by molar-refractivity contribution is -0.137. The lowest BCUT2D eigenvalue weighted by Gasteiger charge is -2.25. The first-order chi connectivity index (χ1) is 10.3. The summed E-state index contributed by atoms with van der Waals surface area (Å²) in [7, 11) is 0. The molecule has 0 radical (unpaired) electrons. The van der Waals surface area contributed by atoms with Crippen LogP contribution in [0.3, 0.4) is 0 Å². The van der Waals surface area contributed by atoms with Crippen LogP contribution in [-0.4, -0.2) is 33.4 Å². The Balaban J connectivity index is 2.10. The van der Waals surface area contributed by atoms with E-state index in [0.717, 1.165) is 10.4 Å². The van der Waals surface area contributed by atoms with Crippen LogP contribution >= 0.6 is 22.7 Å². The van der Waals surface area contributed by atoms with Crippen LogP contribution in [0.25, 0.3) is 0 Å². The first-order valence-corrected chi connectivity index (χ1v) is 8.27. The topological polar surface area (TPSA) is 46.1 Å². The highest BCUT2D eigenvalue weighted by Crippen LogP contribution is 2.31. The number of carbonyl (C=O) groups excluding carboxylic acids is 1. The molecule has 0 aliphatic heterocycles. The summed E-state index contributed by atoms with van der Waals surface area (Å²) in [6.45, 7) is 4.02. The summed E-state index contributed by atoms with van der Waals surface area (Å²) >= 11 is 1.92. The molecule has 2 aromatic heterocycles. The fraction of sp³-hybridized carbons (Fsp3) is 0.462. The number of hydrogen-bond acceptors (Lipinski definition) is 5. The first kappa shape index (κ1) is 16.9. The maximum atomic E-state index is 12.6. The number of thiazole rings is 2. The summed E-state index contributed by atoms with van der Waals surface area (Å²) in [4.78, 5) is 21.4. The zero-order chi connectivity index (χ0) is 16.3. The molecule has 2 aromatic rings. The molecule has 9 heteroatoms. The van der Waals surface area contributed by atoms with E-state index in [1.54, 1.807) is 6.20 Å². The molecule has 0 bridgehead atoms. The molecule has 1 amide bonds. The minimum Gasteiger partial charge on any atom is -0.334 e. The predicted molar refractivity (Wildman–Crippen MR) is 79.1 cm³/mol. The molecule has 0 spiro atoms. The first-order valence-electron chi connectivity index (χ1n) is 6.51. The van der Waals surface area contributed by atoms with Crippen LogP contribution in [0.1, 0.15) is 34.4 Å². The van der Waals surface area contributed by atoms with Crippen molar-refractivity contribution in [3.63, 3.8) is 0 Å². The molecule has 2 rings (SSSR count). The second kappa shape index (κ2) is 6.74. The number of carbonyl (C=O) groups is 1. The summed E-state index contributed by atoms with van der Waals surface area (Å²) in [5.41, 5.74) is -0.162. The van der Waals surface area contributed by atoms with Crippen molar-refractivity contribution >= 4 is 28.6 Å². The van der Waals surface area contributed by atoms with Gasteiger partial charge in [0, 0.05) is 36.0 Å². The number of aromatic nitrogens is 2. The molecule has 2 heterocycles. The zero-order valence-electron chi connectivity index (χ0n) is 11.9. The Labute approximate surface area is 133 Å². The van der Waals surface area contributed by atoms with Gasteiger partial charge in [0.2, 0.25) is 0 Å². The molecule has 4 nitrogen and oxygen atoms in total. The third-order valence-corrected chi connectivity index (χ3v) is 4.63. The van der Waals surface area contributed by atoms with Gasteiger partial charge in [-0.05, 0) is 13.8 Å². The Bertz CT molecular complexity index is 623. The van der Waals surface area contributed by atoms with Crippen LogP contribution in [0.2, 0.25) is 0 Å². The number of halogens is 3. The largest absolute Gasteiger partial charge is 0.443 e. The normalized spacial score (nSPS) is 11.9. The van der Waals surface area contributed by atoms with E-state index in [-0.39, 0.29) is 11.7 Å². The van der Waals surface area contributed by atoms with Crippen molar-refractivity contribution in [1.82, 2.24) is 14.9 Å². The fourth-order valence-electron chi connectivity index (χ4n) is 1.84. The standard InChI is InChI=1S/C13H14F3N3OS2/c1-8(2)19(5-3-10-17-4-6-21-10)11(20)9-7-22-12(18-9)13(14,15)16/h4,6-8H,3,5H2,1-2H3. The SMILES string of the molecule is CC(C)N(CCc1nccs1)C(=O)c1csc(C(F)(F)F)n1. The van der Waals surface area contributed by atoms with Crippen LogP contribution in [-0.2, 0) is 12.6 Å². The van der Waals surface area contributed by atoms with Crippen molar-refractivity contribution < 1.29 is 18.0 Å². The quantitative estimate of drug-likeness (QED) is 0.827. The van der Waals surface area contributed by atoms with E-state index in [1.165, 1.54) is 16.2 Å². The van der Waals surface area contributed by atoms with Crippen molar-refractivity contribution in [2.24, 2.45) is 0 Å². The summed E-state index contributed by atoms with van der Waals surface area (Å²) in [6.07, 6.45) is -2.28. The van der Waals surface area contributed by atoms with Gasteiger partial charge in [0.05, 0.1) is 5.01 Å². The summed E-state index contributed by atoms with van der Waals surface area (Å²) in [6, 6.07) is -0.136. The van der Waals surface area contributed by atoms with E-state index in [0.29, 0.717) is 24.3 Å². The Morgan fingerprint density at radius 1 is 1.36 bits per heavy atom. The number of rotatable bonds is 5. The third kappa shape index (κ3) is 4.04. The monoisotopic (exact) mass is 349 g/mol. The Kier molecular flexibility index (Phi) is 5.17. The number of alkyl halides is 3. The van der Waals surface area contributed by atoms with Gasteiger partial charge in [0.1, 0.15) is 5.69 Å². The van der Waals surface area contributed by atoms with Crippen LogP contribution in [0.15, 0.2) is 17.0 Å². The molecule has 0 saturated heterocycles. The lowest BCUT2D eigenvalue weighted by Crippen LogP contribution is -2.38. The second-order valence-corrected chi connectivity index (χ2v) is 6.64. The van der Waals surface area contributed by atoms with E-state index >= 15 is 0 Å². The minimum atomic E-state index is -4.52. The van der Waals surface area contributed by atoms with E-state index < -0.39 is 17.1 Å². The average molecular weight is 349 g/mol. The van der Waals surface area contributed by atoms with E-state index in [1.807, 2.05) is 19.2 Å². The molecule has 0 unspecified atom stereocenters. The predicted octanol–water partition coefficient (Wildman–Crippen LogP) is 3.71. The van der Waals surface area contributed by atoms with Gasteiger partial charge in [-0.15, -0.1) is 22.7 Å². The molecule has 0 aliphatic carbocycles. The van der Waals surface area contributed by atoms with Crippen LogP contribution < -0.4 is 0 Å². The number of nitrogens with zero attached hydrogens (tertiary/aromatic N) is 3. The van der Waals surface area contributed by atoms with Gasteiger partial charge in [-0.3, -0.25) is 4.79 Å². The van der Waals surface area contributed by atoms with Crippen LogP contribution in [0.5, 0.6) is 0 Å². The molecule has 0 aromatic carbocycles. The van der Waals surface area contributed by atoms with E-state index in [2.05, 4.69) is 9.97 Å². The van der Waals surface area contributed by atoms with Crippen LogP contribution in [0, 0.1) is 0 Å². The molecule has 0 atom stereocenters. The fourth-order valence-corrected chi connectivity index (χ4v) is 3.11. The third-order valence-electron chi connectivity index (χ3n) is 2.90. The maximum Gasteiger partial charge on any atom is 0.443 e. The molecular formula is C13H14F3N3OS2. The second-order valence-electron chi connectivity index (χ2n) is 4.80. The Hall–Kier alpha value is -1.48. The van der Waals surface area contributed by atoms with Crippen molar-refractivity contribution in [3.05, 3.63) is 32.7 Å². The molecule has 0 aliphatic rings. The summed E-state index contributed by atoms with van der Waals surface area (Å²) in [5, 5.41) is 2.88. The summed E-state index contributed by atoms with van der Waals surface area (Å²) < 4.78 is 37.7. The smallest absolute Gasteiger partial charge is 0.334 e. The highest BCUT2D eigenvalue weighted by Gasteiger charge is 2.35. The minimum absolute atomic E-state index is 0.136. The molecule has 0 saturated carbocycles. The number of amides is 1. The van der Waals surface area contributed by atoms with Gasteiger partial charge in [0.15, 0.2) is 5.01 Å². The Morgan fingerprint density at radius 2 is 2.09 bits per heavy atom. The average Bonchev–Trinajstić information content (AvgIpc) is 3.09. The molecule has 0 fully saturated rings. The van der Waals surface area contributed by atoms with E-state index in [9.17, 15) is 18.0 Å². The highest BCUT2D eigenvalue weighted by atomic mass is 32.1. The van der Waals surface area contributed by atoms with Crippen molar-refractivity contribution in [3.8, 4) is 0 Å². The van der Waals surface area contributed by atoms with Gasteiger partial charge in [0.25, 0.3) is 5.91 Å². The highest BCUT2D eigenvalue weighted by molar-refractivity contribution is 7.10. The molecule has 22 heavy (non-hydrogen) atoms. The van der Waals surface area contributed by atoms with Crippen molar-refractivity contribution in [2.75, 3.05) is 6.54 Å². The molecule has 120 valence electrons. The zero-order valence-corrected chi connectivity index (χ0v) is 13.6. The Morgan fingerprint density at radius 3 is 2.59 bits per heavy atom. The van der Waals surface area contributed by atoms with Gasteiger partial charge < -0.3 is 4.90 Å². The summed E-state index contributed by atoms with van der Waals surface area (Å²) in [5.74, 6) is -0.488. The molecular weight excluding hydrogens is 335 g/mol. The number of hydrogen-bond donors (Lipinski definition) is 0. The van der Waals surface area contributed by atoms with Crippen LogP contribution in [0.4, 0.5) is 13.2 Å². The molecule has 0 N–H and O–H groups in total. The lowest BCUT2D eigenvalue weighted by atomic mass is 10.2.